The predicted octanol–water partition coefficient (Wildman–Crippen LogP) is 3.97. The Balaban J connectivity index is 1.53. The maximum absolute atomic E-state index is 12.5. The van der Waals surface area contributed by atoms with Crippen LogP contribution in [0.25, 0.3) is 0 Å². The number of carbonyl (C=O) groups is 2. The number of benzene rings is 2. The third-order valence-corrected chi connectivity index (χ3v) is 4.86. The molecule has 1 fully saturated rings. The zero-order valence-corrected chi connectivity index (χ0v) is 17.2. The molecule has 6 heteroatoms. The van der Waals surface area contributed by atoms with Crippen LogP contribution >= 0.6 is 0 Å². The van der Waals surface area contributed by atoms with Gasteiger partial charge in [-0.25, -0.2) is 4.79 Å². The SMILES string of the molecule is COC(=O)c1ccc(OCC2CC(=O)N(c3ccc(NCC(C)C)cc3)C2)cc1. The third kappa shape index (κ3) is 5.50. The van der Waals surface area contributed by atoms with Crippen LogP contribution in [0, 0.1) is 11.8 Å². The number of carbonyl (C=O) groups excluding carboxylic acids is 2. The highest BCUT2D eigenvalue weighted by molar-refractivity contribution is 5.95. The molecule has 1 unspecified atom stereocenters. The lowest BCUT2D eigenvalue weighted by atomic mass is 10.1. The van der Waals surface area contributed by atoms with Gasteiger partial charge >= 0.3 is 5.97 Å². The van der Waals surface area contributed by atoms with Gasteiger partial charge in [-0.3, -0.25) is 4.79 Å². The van der Waals surface area contributed by atoms with Crippen molar-refractivity contribution in [2.45, 2.75) is 20.3 Å². The second-order valence-electron chi connectivity index (χ2n) is 7.72. The lowest BCUT2D eigenvalue weighted by Crippen LogP contribution is -2.25. The van der Waals surface area contributed by atoms with Gasteiger partial charge in [0.1, 0.15) is 5.75 Å². The molecule has 1 atom stereocenters. The van der Waals surface area contributed by atoms with E-state index in [0.717, 1.165) is 17.9 Å². The number of ether oxygens (including phenoxy) is 2. The van der Waals surface area contributed by atoms with E-state index < -0.39 is 0 Å². The van der Waals surface area contributed by atoms with E-state index in [1.165, 1.54) is 7.11 Å². The van der Waals surface area contributed by atoms with Crippen LogP contribution in [-0.4, -0.2) is 38.7 Å². The molecule has 0 saturated carbocycles. The van der Waals surface area contributed by atoms with Gasteiger partial charge in [-0.15, -0.1) is 0 Å². The number of nitrogens with zero attached hydrogens (tertiary/aromatic N) is 1. The smallest absolute Gasteiger partial charge is 0.337 e. The van der Waals surface area contributed by atoms with E-state index in [0.29, 0.717) is 36.8 Å². The number of hydrogen-bond acceptors (Lipinski definition) is 5. The molecule has 2 aromatic rings. The molecule has 2 aromatic carbocycles. The number of anilines is 2. The molecule has 1 heterocycles. The molecule has 3 rings (SSSR count). The van der Waals surface area contributed by atoms with Crippen LogP contribution in [-0.2, 0) is 9.53 Å². The van der Waals surface area contributed by atoms with Gasteiger partial charge < -0.3 is 19.7 Å². The molecular weight excluding hydrogens is 368 g/mol. The van der Waals surface area contributed by atoms with E-state index in [2.05, 4.69) is 23.9 Å². The van der Waals surface area contributed by atoms with Crippen molar-refractivity contribution in [1.82, 2.24) is 0 Å². The van der Waals surface area contributed by atoms with Crippen molar-refractivity contribution in [2.75, 3.05) is 37.0 Å². The summed E-state index contributed by atoms with van der Waals surface area (Å²) in [6.45, 7) is 6.34. The van der Waals surface area contributed by atoms with Crippen molar-refractivity contribution in [3.63, 3.8) is 0 Å². The van der Waals surface area contributed by atoms with Gasteiger partial charge in [0, 0.05) is 36.8 Å². The lowest BCUT2D eigenvalue weighted by molar-refractivity contribution is -0.117. The Morgan fingerprint density at radius 3 is 2.45 bits per heavy atom. The van der Waals surface area contributed by atoms with E-state index in [9.17, 15) is 9.59 Å². The first-order valence-corrected chi connectivity index (χ1v) is 9.91. The Hall–Kier alpha value is -3.02. The van der Waals surface area contributed by atoms with Gasteiger partial charge in [0.25, 0.3) is 0 Å². The highest BCUT2D eigenvalue weighted by atomic mass is 16.5. The zero-order valence-electron chi connectivity index (χ0n) is 17.2. The summed E-state index contributed by atoms with van der Waals surface area (Å²) in [6.07, 6.45) is 0.466. The van der Waals surface area contributed by atoms with Crippen LogP contribution in [0.5, 0.6) is 5.75 Å². The molecule has 1 saturated heterocycles. The average Bonchev–Trinajstić information content (AvgIpc) is 3.11. The molecule has 0 aliphatic carbocycles. The predicted molar refractivity (Wildman–Crippen MR) is 114 cm³/mol. The summed E-state index contributed by atoms with van der Waals surface area (Å²) in [5.41, 5.74) is 2.45. The van der Waals surface area contributed by atoms with Gasteiger partial charge in [-0.1, -0.05) is 13.8 Å². The average molecular weight is 396 g/mol. The van der Waals surface area contributed by atoms with E-state index in [4.69, 9.17) is 4.74 Å². The highest BCUT2D eigenvalue weighted by Crippen LogP contribution is 2.27. The van der Waals surface area contributed by atoms with E-state index >= 15 is 0 Å². The standard InChI is InChI=1S/C23H28N2O4/c1-16(2)13-24-19-6-8-20(9-7-19)25-14-17(12-22(25)26)15-29-21-10-4-18(5-11-21)23(27)28-3/h4-11,16-17,24H,12-15H2,1-3H3. The molecule has 6 nitrogen and oxygen atoms in total. The summed E-state index contributed by atoms with van der Waals surface area (Å²) in [6, 6.07) is 14.8. The van der Waals surface area contributed by atoms with Crippen LogP contribution in [0.2, 0.25) is 0 Å². The second kappa shape index (κ2) is 9.45. The Labute approximate surface area is 171 Å². The maximum atomic E-state index is 12.5. The number of hydrogen-bond donors (Lipinski definition) is 1. The molecular formula is C23H28N2O4. The van der Waals surface area contributed by atoms with Gasteiger partial charge in [0.05, 0.1) is 19.3 Å². The minimum Gasteiger partial charge on any atom is -0.493 e. The lowest BCUT2D eigenvalue weighted by Gasteiger charge is -2.18. The first kappa shape index (κ1) is 20.7. The van der Waals surface area contributed by atoms with Crippen molar-refractivity contribution in [2.24, 2.45) is 11.8 Å². The summed E-state index contributed by atoms with van der Waals surface area (Å²) in [5.74, 6) is 1.11. The summed E-state index contributed by atoms with van der Waals surface area (Å²) in [5, 5.41) is 3.38. The number of methoxy groups -OCH3 is 1. The van der Waals surface area contributed by atoms with E-state index in [1.54, 1.807) is 24.3 Å². The quantitative estimate of drug-likeness (QED) is 0.684. The number of rotatable bonds is 8. The maximum Gasteiger partial charge on any atom is 0.337 e. The van der Waals surface area contributed by atoms with Crippen molar-refractivity contribution in [3.05, 3.63) is 54.1 Å². The van der Waals surface area contributed by atoms with Gasteiger partial charge in [0.2, 0.25) is 5.91 Å². The van der Waals surface area contributed by atoms with Crippen molar-refractivity contribution >= 4 is 23.3 Å². The van der Waals surface area contributed by atoms with Crippen molar-refractivity contribution in [1.29, 1.82) is 0 Å². The summed E-state index contributed by atoms with van der Waals surface area (Å²) < 4.78 is 10.5. The second-order valence-corrected chi connectivity index (χ2v) is 7.72. The molecule has 0 radical (unpaired) electrons. The molecule has 0 aromatic heterocycles. The minimum atomic E-state index is -0.376. The van der Waals surface area contributed by atoms with Crippen LogP contribution in [0.3, 0.4) is 0 Å². The fourth-order valence-electron chi connectivity index (χ4n) is 3.24. The fraction of sp³-hybridized carbons (Fsp3) is 0.391. The van der Waals surface area contributed by atoms with Crippen LogP contribution in [0.1, 0.15) is 30.6 Å². The minimum absolute atomic E-state index is 0.113. The molecule has 1 amide bonds. The van der Waals surface area contributed by atoms with Crippen molar-refractivity contribution in [3.8, 4) is 5.75 Å². The summed E-state index contributed by atoms with van der Waals surface area (Å²) >= 11 is 0. The molecule has 0 bridgehead atoms. The third-order valence-electron chi connectivity index (χ3n) is 4.86. The Morgan fingerprint density at radius 2 is 1.83 bits per heavy atom. The van der Waals surface area contributed by atoms with E-state index in [1.807, 2.05) is 29.2 Å². The summed E-state index contributed by atoms with van der Waals surface area (Å²) in [4.78, 5) is 25.7. The van der Waals surface area contributed by atoms with Gasteiger partial charge in [0.15, 0.2) is 0 Å². The zero-order chi connectivity index (χ0) is 20.8. The Morgan fingerprint density at radius 1 is 1.14 bits per heavy atom. The molecule has 1 aliphatic rings. The normalized spacial score (nSPS) is 16.2. The highest BCUT2D eigenvalue weighted by Gasteiger charge is 2.31. The molecule has 154 valence electrons. The number of nitrogens with one attached hydrogen (secondary N) is 1. The number of esters is 1. The van der Waals surface area contributed by atoms with Crippen LogP contribution < -0.4 is 15.0 Å². The largest absolute Gasteiger partial charge is 0.493 e. The van der Waals surface area contributed by atoms with E-state index in [-0.39, 0.29) is 17.8 Å². The summed E-state index contributed by atoms with van der Waals surface area (Å²) in [7, 11) is 1.35. The van der Waals surface area contributed by atoms with Gasteiger partial charge in [-0.2, -0.15) is 0 Å². The monoisotopic (exact) mass is 396 g/mol. The fourth-order valence-corrected chi connectivity index (χ4v) is 3.24. The Bertz CT molecular complexity index is 831. The van der Waals surface area contributed by atoms with Crippen molar-refractivity contribution < 1.29 is 19.1 Å². The molecule has 29 heavy (non-hydrogen) atoms. The molecule has 0 spiro atoms. The molecule has 1 N–H and O–H groups in total. The topological polar surface area (TPSA) is 67.9 Å². The molecule has 1 aliphatic heterocycles. The number of amides is 1. The van der Waals surface area contributed by atoms with Crippen LogP contribution in [0.15, 0.2) is 48.5 Å². The first-order chi connectivity index (χ1) is 14.0. The van der Waals surface area contributed by atoms with Gasteiger partial charge in [-0.05, 0) is 54.4 Å². The Kier molecular flexibility index (Phi) is 6.75. The van der Waals surface area contributed by atoms with Crippen LogP contribution in [0.4, 0.5) is 11.4 Å². The first-order valence-electron chi connectivity index (χ1n) is 9.91.